The Balaban J connectivity index is 1.94. The van der Waals surface area contributed by atoms with Crippen LogP contribution in [0, 0.1) is 0 Å². The molecule has 0 unspecified atom stereocenters. The van der Waals surface area contributed by atoms with Crippen LogP contribution in [0.3, 0.4) is 0 Å². The summed E-state index contributed by atoms with van der Waals surface area (Å²) in [5.41, 5.74) is 1.20. The minimum Gasteiger partial charge on any atom is -0.506 e. The number of nitrogens with one attached hydrogen (secondary N) is 1. The molecule has 0 bridgehead atoms. The lowest BCUT2D eigenvalue weighted by molar-refractivity contribution is 0.0526. The molecule has 2 N–H and O–H groups in total. The molecule has 0 aliphatic carbocycles. The van der Waals surface area contributed by atoms with E-state index in [0.29, 0.717) is 0 Å². The van der Waals surface area contributed by atoms with Gasteiger partial charge in [-0.25, -0.2) is 9.59 Å². The zero-order valence-electron chi connectivity index (χ0n) is 12.6. The Hall–Kier alpha value is -3.02. The van der Waals surface area contributed by atoms with Crippen LogP contribution in [0.15, 0.2) is 48.5 Å². The number of amides is 1. The molecule has 0 aliphatic rings. The molecule has 0 heterocycles. The number of anilines is 1. The van der Waals surface area contributed by atoms with Crippen molar-refractivity contribution in [3.05, 3.63) is 59.7 Å². The third-order valence-corrected chi connectivity index (χ3v) is 2.96. The summed E-state index contributed by atoms with van der Waals surface area (Å²) in [6.07, 6.45) is -0.701. The van der Waals surface area contributed by atoms with E-state index in [1.807, 2.05) is 30.3 Å². The van der Waals surface area contributed by atoms with E-state index < -0.39 is 12.1 Å². The smallest absolute Gasteiger partial charge is 0.412 e. The van der Waals surface area contributed by atoms with Crippen LogP contribution in [-0.4, -0.2) is 23.8 Å². The second kappa shape index (κ2) is 7.84. The first-order chi connectivity index (χ1) is 11.1. The number of carbonyl (C=O) groups excluding carboxylic acids is 2. The molecule has 0 saturated heterocycles. The van der Waals surface area contributed by atoms with Gasteiger partial charge in [-0.1, -0.05) is 30.3 Å². The molecule has 1 amide bonds. The van der Waals surface area contributed by atoms with E-state index in [4.69, 9.17) is 9.47 Å². The van der Waals surface area contributed by atoms with Gasteiger partial charge in [0.15, 0.2) is 0 Å². The molecule has 6 heteroatoms. The average molecular weight is 315 g/mol. The van der Waals surface area contributed by atoms with Gasteiger partial charge >= 0.3 is 12.1 Å². The van der Waals surface area contributed by atoms with Crippen LogP contribution in [0.2, 0.25) is 0 Å². The van der Waals surface area contributed by atoms with Gasteiger partial charge in [0.2, 0.25) is 0 Å². The molecular weight excluding hydrogens is 298 g/mol. The average Bonchev–Trinajstić information content (AvgIpc) is 2.56. The highest BCUT2D eigenvalue weighted by Gasteiger charge is 2.12. The fourth-order valence-electron chi connectivity index (χ4n) is 1.85. The van der Waals surface area contributed by atoms with Crippen molar-refractivity contribution in [3.63, 3.8) is 0 Å². The van der Waals surface area contributed by atoms with E-state index in [1.54, 1.807) is 6.92 Å². The van der Waals surface area contributed by atoms with Gasteiger partial charge in [0.1, 0.15) is 12.4 Å². The Labute approximate surface area is 133 Å². The van der Waals surface area contributed by atoms with Crippen molar-refractivity contribution in [2.45, 2.75) is 13.5 Å². The summed E-state index contributed by atoms with van der Waals surface area (Å²) in [5.74, 6) is -0.784. The maximum Gasteiger partial charge on any atom is 0.412 e. The van der Waals surface area contributed by atoms with Crippen molar-refractivity contribution in [2.75, 3.05) is 11.9 Å². The number of esters is 1. The molecule has 6 nitrogen and oxygen atoms in total. The third kappa shape index (κ3) is 4.74. The van der Waals surface area contributed by atoms with Gasteiger partial charge in [0, 0.05) is 0 Å². The van der Waals surface area contributed by atoms with Crippen LogP contribution in [0.4, 0.5) is 10.5 Å². The molecule has 0 spiro atoms. The number of phenolic OH excluding ortho intramolecular Hbond substituents is 1. The predicted octanol–water partition coefficient (Wildman–Crippen LogP) is 3.32. The summed E-state index contributed by atoms with van der Waals surface area (Å²) in [5, 5.41) is 12.3. The number of hydrogen-bond donors (Lipinski definition) is 2. The fourth-order valence-corrected chi connectivity index (χ4v) is 1.85. The Bertz CT molecular complexity index is 685. The van der Waals surface area contributed by atoms with Crippen molar-refractivity contribution in [2.24, 2.45) is 0 Å². The molecule has 0 atom stereocenters. The maximum absolute atomic E-state index is 11.7. The summed E-state index contributed by atoms with van der Waals surface area (Å²) in [6, 6.07) is 13.3. The Morgan fingerprint density at radius 1 is 1.09 bits per heavy atom. The van der Waals surface area contributed by atoms with Gasteiger partial charge in [0.25, 0.3) is 0 Å². The first-order valence-corrected chi connectivity index (χ1v) is 7.08. The lowest BCUT2D eigenvalue weighted by atomic mass is 10.2. The molecule has 0 aliphatic heterocycles. The number of phenols is 1. The molecule has 120 valence electrons. The van der Waals surface area contributed by atoms with E-state index in [1.165, 1.54) is 18.2 Å². The molecule has 0 fully saturated rings. The molecule has 2 aromatic rings. The van der Waals surface area contributed by atoms with Gasteiger partial charge in [-0.05, 0) is 30.7 Å². The molecule has 2 rings (SSSR count). The molecule has 2 aromatic carbocycles. The minimum atomic E-state index is -0.701. The minimum absolute atomic E-state index is 0.119. The van der Waals surface area contributed by atoms with Gasteiger partial charge in [-0.3, -0.25) is 5.32 Å². The van der Waals surface area contributed by atoms with Crippen molar-refractivity contribution in [1.82, 2.24) is 0 Å². The second-order valence-corrected chi connectivity index (χ2v) is 4.64. The highest BCUT2D eigenvalue weighted by atomic mass is 16.5. The topological polar surface area (TPSA) is 84.9 Å². The number of rotatable bonds is 5. The zero-order valence-corrected chi connectivity index (χ0v) is 12.6. The van der Waals surface area contributed by atoms with Gasteiger partial charge in [0.05, 0.1) is 17.9 Å². The van der Waals surface area contributed by atoms with Crippen LogP contribution < -0.4 is 5.32 Å². The lowest BCUT2D eigenvalue weighted by Gasteiger charge is -2.09. The quantitative estimate of drug-likeness (QED) is 0.653. The number of carbonyl (C=O) groups is 2. The highest BCUT2D eigenvalue weighted by molar-refractivity contribution is 5.92. The number of aromatic hydroxyl groups is 1. The molecular formula is C17H17NO5. The zero-order chi connectivity index (χ0) is 16.7. The highest BCUT2D eigenvalue weighted by Crippen LogP contribution is 2.25. The Kier molecular flexibility index (Phi) is 5.57. The van der Waals surface area contributed by atoms with Crippen LogP contribution in [-0.2, 0) is 16.1 Å². The van der Waals surface area contributed by atoms with Crippen LogP contribution in [0.5, 0.6) is 5.75 Å². The Morgan fingerprint density at radius 3 is 2.48 bits per heavy atom. The summed E-state index contributed by atoms with van der Waals surface area (Å²) in [7, 11) is 0. The van der Waals surface area contributed by atoms with E-state index in [9.17, 15) is 14.7 Å². The molecule has 0 aromatic heterocycles. The Morgan fingerprint density at radius 2 is 1.83 bits per heavy atom. The monoisotopic (exact) mass is 315 g/mol. The van der Waals surface area contributed by atoms with Crippen molar-refractivity contribution >= 4 is 17.7 Å². The number of benzene rings is 2. The van der Waals surface area contributed by atoms with Gasteiger partial charge in [-0.2, -0.15) is 0 Å². The van der Waals surface area contributed by atoms with E-state index in [0.717, 1.165) is 5.56 Å². The van der Waals surface area contributed by atoms with Crippen LogP contribution in [0.1, 0.15) is 22.8 Å². The van der Waals surface area contributed by atoms with Crippen molar-refractivity contribution < 1.29 is 24.2 Å². The predicted molar refractivity (Wildman–Crippen MR) is 84.3 cm³/mol. The van der Waals surface area contributed by atoms with Gasteiger partial charge in [-0.15, -0.1) is 0 Å². The van der Waals surface area contributed by atoms with E-state index in [-0.39, 0.29) is 30.2 Å². The second-order valence-electron chi connectivity index (χ2n) is 4.64. The summed E-state index contributed by atoms with van der Waals surface area (Å²) in [4.78, 5) is 23.3. The summed E-state index contributed by atoms with van der Waals surface area (Å²) >= 11 is 0. The van der Waals surface area contributed by atoms with E-state index >= 15 is 0 Å². The van der Waals surface area contributed by atoms with Crippen LogP contribution in [0.25, 0.3) is 0 Å². The fraction of sp³-hybridized carbons (Fsp3) is 0.176. The largest absolute Gasteiger partial charge is 0.506 e. The SMILES string of the molecule is CCOC(=O)c1ccc(NC(=O)OCc2ccccc2)c(O)c1. The number of hydrogen-bond acceptors (Lipinski definition) is 5. The van der Waals surface area contributed by atoms with Gasteiger partial charge < -0.3 is 14.6 Å². The van der Waals surface area contributed by atoms with Crippen molar-refractivity contribution in [1.29, 1.82) is 0 Å². The molecule has 0 saturated carbocycles. The third-order valence-electron chi connectivity index (χ3n) is 2.96. The van der Waals surface area contributed by atoms with Crippen molar-refractivity contribution in [3.8, 4) is 5.75 Å². The number of ether oxygens (including phenoxy) is 2. The first-order valence-electron chi connectivity index (χ1n) is 7.08. The van der Waals surface area contributed by atoms with E-state index in [2.05, 4.69) is 5.32 Å². The van der Waals surface area contributed by atoms with Crippen LogP contribution >= 0.6 is 0 Å². The normalized spacial score (nSPS) is 9.96. The summed E-state index contributed by atoms with van der Waals surface area (Å²) < 4.78 is 9.88. The molecule has 23 heavy (non-hydrogen) atoms. The first kappa shape index (κ1) is 16.4. The summed E-state index contributed by atoms with van der Waals surface area (Å²) in [6.45, 7) is 2.05. The molecule has 0 radical (unpaired) electrons. The standard InChI is InChI=1S/C17H17NO5/c1-2-22-16(20)13-8-9-14(15(19)10-13)18-17(21)23-11-12-6-4-3-5-7-12/h3-10,19H,2,11H2,1H3,(H,18,21). The maximum atomic E-state index is 11.7. The lowest BCUT2D eigenvalue weighted by Crippen LogP contribution is -2.14.